The molecule has 0 aromatic heterocycles. The smallest absolute Gasteiger partial charge is 0.191 e. The van der Waals surface area contributed by atoms with Gasteiger partial charge in [-0.05, 0) is 31.4 Å². The van der Waals surface area contributed by atoms with Crippen LogP contribution in [0.4, 0.5) is 0 Å². The van der Waals surface area contributed by atoms with Gasteiger partial charge in [0.25, 0.3) is 0 Å². The van der Waals surface area contributed by atoms with Crippen molar-refractivity contribution in [3.05, 3.63) is 29.3 Å². The highest BCUT2D eigenvalue weighted by Gasteiger charge is 2.45. The molecule has 3 rings (SSSR count). The van der Waals surface area contributed by atoms with E-state index < -0.39 is 9.84 Å². The maximum absolute atomic E-state index is 11.6. The number of hydrogen-bond acceptors (Lipinski definition) is 5. The first kappa shape index (κ1) is 24.2. The lowest BCUT2D eigenvalue weighted by Gasteiger charge is -2.19. The zero-order chi connectivity index (χ0) is 20.2. The highest BCUT2D eigenvalue weighted by molar-refractivity contribution is 14.0. The number of ether oxygens (including phenoxy) is 2. The van der Waals surface area contributed by atoms with Gasteiger partial charge >= 0.3 is 0 Å². The normalized spacial score (nSPS) is 20.7. The summed E-state index contributed by atoms with van der Waals surface area (Å²) in [4.78, 5) is 4.27. The predicted molar refractivity (Wildman–Crippen MR) is 126 cm³/mol. The van der Waals surface area contributed by atoms with Gasteiger partial charge in [-0.2, -0.15) is 0 Å². The van der Waals surface area contributed by atoms with Gasteiger partial charge in [-0.3, -0.25) is 4.99 Å². The maximum atomic E-state index is 11.6. The van der Waals surface area contributed by atoms with Gasteiger partial charge in [-0.1, -0.05) is 12.1 Å². The Balaban J connectivity index is 0.00000300. The number of aliphatic imine (C=N–C) groups is 1. The number of aryl methyl sites for hydroxylation is 1. The van der Waals surface area contributed by atoms with Gasteiger partial charge in [0, 0.05) is 43.8 Å². The second-order valence-electron chi connectivity index (χ2n) is 8.06. The fourth-order valence-corrected chi connectivity index (χ4v) is 4.98. The van der Waals surface area contributed by atoms with Crippen molar-refractivity contribution in [1.82, 2.24) is 10.6 Å². The molecule has 1 atom stereocenters. The molecule has 0 bridgehead atoms. The number of nitrogens with one attached hydrogen (secondary N) is 2. The van der Waals surface area contributed by atoms with E-state index in [1.54, 1.807) is 7.05 Å². The number of guanidine groups is 1. The SMILES string of the molecule is CN=C(NCc1ccc(C)cc1OC1CCOC1)NCC1(CS(C)(=O)=O)CC1.I. The third kappa shape index (κ3) is 7.60. The third-order valence-corrected chi connectivity index (χ3v) is 6.37. The Labute approximate surface area is 191 Å². The first-order chi connectivity index (χ1) is 13.3. The summed E-state index contributed by atoms with van der Waals surface area (Å²) in [5, 5.41) is 6.59. The van der Waals surface area contributed by atoms with E-state index in [0.29, 0.717) is 25.7 Å². The van der Waals surface area contributed by atoms with Gasteiger partial charge in [-0.25, -0.2) is 8.42 Å². The minimum atomic E-state index is -2.98. The molecule has 9 heteroatoms. The molecule has 1 heterocycles. The minimum absolute atomic E-state index is 0. The van der Waals surface area contributed by atoms with Crippen LogP contribution in [0.2, 0.25) is 0 Å². The lowest BCUT2D eigenvalue weighted by molar-refractivity contribution is 0.140. The molecule has 1 aromatic rings. The van der Waals surface area contributed by atoms with E-state index in [2.05, 4.69) is 33.8 Å². The maximum Gasteiger partial charge on any atom is 0.191 e. The molecule has 1 saturated heterocycles. The monoisotopic (exact) mass is 537 g/mol. The standard InChI is InChI=1S/C20H31N3O4S.HI/c1-15-4-5-16(18(10-15)27-17-6-9-26-12-17)11-22-19(21-2)23-13-20(7-8-20)14-28(3,24)25;/h4-5,10,17H,6-9,11-14H2,1-3H3,(H2,21,22,23);1H. The summed E-state index contributed by atoms with van der Waals surface area (Å²) in [6.07, 6.45) is 4.18. The average Bonchev–Trinajstić information content (AvgIpc) is 3.16. The molecule has 1 aliphatic carbocycles. The van der Waals surface area contributed by atoms with E-state index in [9.17, 15) is 8.42 Å². The highest BCUT2D eigenvalue weighted by atomic mass is 127. The number of nitrogens with zero attached hydrogens (tertiary/aromatic N) is 1. The van der Waals surface area contributed by atoms with E-state index in [1.165, 1.54) is 6.26 Å². The Kier molecular flexibility index (Phi) is 8.59. The molecule has 1 saturated carbocycles. The average molecular weight is 537 g/mol. The molecule has 2 fully saturated rings. The Morgan fingerprint density at radius 2 is 2.10 bits per heavy atom. The first-order valence-electron chi connectivity index (χ1n) is 9.75. The summed E-state index contributed by atoms with van der Waals surface area (Å²) in [6, 6.07) is 6.18. The molecular weight excluding hydrogens is 505 g/mol. The molecule has 7 nitrogen and oxygen atoms in total. The molecule has 2 aliphatic rings. The van der Waals surface area contributed by atoms with Crippen molar-refractivity contribution in [2.24, 2.45) is 10.4 Å². The first-order valence-corrected chi connectivity index (χ1v) is 11.8. The minimum Gasteiger partial charge on any atom is -0.488 e. The number of benzene rings is 1. The Morgan fingerprint density at radius 3 is 2.69 bits per heavy atom. The van der Waals surface area contributed by atoms with Crippen molar-refractivity contribution in [3.8, 4) is 5.75 Å². The molecule has 1 unspecified atom stereocenters. The Morgan fingerprint density at radius 1 is 1.34 bits per heavy atom. The second-order valence-corrected chi connectivity index (χ2v) is 10.2. The zero-order valence-corrected chi connectivity index (χ0v) is 20.5. The lowest BCUT2D eigenvalue weighted by Crippen LogP contribution is -2.41. The van der Waals surface area contributed by atoms with Crippen molar-refractivity contribution in [2.75, 3.05) is 38.8 Å². The molecule has 1 aliphatic heterocycles. The van der Waals surface area contributed by atoms with Crippen LogP contribution in [0.25, 0.3) is 0 Å². The van der Waals surface area contributed by atoms with Crippen LogP contribution < -0.4 is 15.4 Å². The van der Waals surface area contributed by atoms with Crippen molar-refractivity contribution >= 4 is 39.8 Å². The Hall–Kier alpha value is -1.07. The van der Waals surface area contributed by atoms with Gasteiger partial charge in [0.2, 0.25) is 0 Å². The van der Waals surface area contributed by atoms with Crippen molar-refractivity contribution in [2.45, 2.75) is 38.8 Å². The molecule has 0 radical (unpaired) electrons. The van der Waals surface area contributed by atoms with Crippen LogP contribution in [0, 0.1) is 12.3 Å². The highest BCUT2D eigenvalue weighted by Crippen LogP contribution is 2.46. The van der Waals surface area contributed by atoms with Gasteiger partial charge in [0.05, 0.1) is 19.0 Å². The van der Waals surface area contributed by atoms with Crippen LogP contribution in [-0.4, -0.2) is 59.3 Å². The number of hydrogen-bond donors (Lipinski definition) is 2. The van der Waals surface area contributed by atoms with Crippen LogP contribution in [0.3, 0.4) is 0 Å². The van der Waals surface area contributed by atoms with Crippen molar-refractivity contribution < 1.29 is 17.9 Å². The zero-order valence-electron chi connectivity index (χ0n) is 17.4. The summed E-state index contributed by atoms with van der Waals surface area (Å²) < 4.78 is 34.8. The summed E-state index contributed by atoms with van der Waals surface area (Å²) in [6.45, 7) is 4.60. The molecule has 1 aromatic carbocycles. The van der Waals surface area contributed by atoms with E-state index >= 15 is 0 Å². The largest absolute Gasteiger partial charge is 0.488 e. The van der Waals surface area contributed by atoms with E-state index in [4.69, 9.17) is 9.47 Å². The van der Waals surface area contributed by atoms with E-state index in [1.807, 2.05) is 6.92 Å². The van der Waals surface area contributed by atoms with Gasteiger partial charge < -0.3 is 20.1 Å². The quantitative estimate of drug-likeness (QED) is 0.301. The van der Waals surface area contributed by atoms with Crippen LogP contribution in [0.5, 0.6) is 5.75 Å². The van der Waals surface area contributed by atoms with Crippen LogP contribution in [0.1, 0.15) is 30.4 Å². The summed E-state index contributed by atoms with van der Waals surface area (Å²) in [5.41, 5.74) is 2.06. The van der Waals surface area contributed by atoms with Crippen LogP contribution >= 0.6 is 24.0 Å². The van der Waals surface area contributed by atoms with Crippen LogP contribution in [0.15, 0.2) is 23.2 Å². The molecule has 2 N–H and O–H groups in total. The van der Waals surface area contributed by atoms with E-state index in [-0.39, 0.29) is 41.2 Å². The van der Waals surface area contributed by atoms with Crippen molar-refractivity contribution in [3.63, 3.8) is 0 Å². The molecule has 164 valence electrons. The number of halogens is 1. The molecule has 0 spiro atoms. The number of sulfone groups is 1. The van der Waals surface area contributed by atoms with Gasteiger partial charge in [-0.15, -0.1) is 24.0 Å². The fourth-order valence-electron chi connectivity index (χ4n) is 3.48. The van der Waals surface area contributed by atoms with Crippen LogP contribution in [-0.2, 0) is 21.1 Å². The molecule has 0 amide bonds. The fraction of sp³-hybridized carbons (Fsp3) is 0.650. The number of rotatable bonds is 8. The van der Waals surface area contributed by atoms with Gasteiger partial charge in [0.1, 0.15) is 21.7 Å². The lowest BCUT2D eigenvalue weighted by atomic mass is 10.1. The van der Waals surface area contributed by atoms with Gasteiger partial charge in [0.15, 0.2) is 5.96 Å². The molecular formula is C20H32IN3O4S. The topological polar surface area (TPSA) is 89.0 Å². The summed E-state index contributed by atoms with van der Waals surface area (Å²) >= 11 is 0. The van der Waals surface area contributed by atoms with E-state index in [0.717, 1.165) is 42.7 Å². The van der Waals surface area contributed by atoms with Crippen molar-refractivity contribution in [1.29, 1.82) is 0 Å². The second kappa shape index (κ2) is 10.3. The summed E-state index contributed by atoms with van der Waals surface area (Å²) in [5.74, 6) is 1.76. The Bertz CT molecular complexity index is 819. The molecule has 29 heavy (non-hydrogen) atoms. The third-order valence-electron chi connectivity index (χ3n) is 5.23. The summed E-state index contributed by atoms with van der Waals surface area (Å²) in [7, 11) is -1.26. The predicted octanol–water partition coefficient (Wildman–Crippen LogP) is 2.27.